The molecule has 0 aromatic carbocycles. The summed E-state index contributed by atoms with van der Waals surface area (Å²) in [5.41, 5.74) is 0. The summed E-state index contributed by atoms with van der Waals surface area (Å²) in [5.74, 6) is 0. The highest BCUT2D eigenvalue weighted by molar-refractivity contribution is 7.33. The van der Waals surface area contributed by atoms with Crippen LogP contribution in [0.3, 0.4) is 0 Å². The maximum atomic E-state index is 8.67. The van der Waals surface area contributed by atoms with Crippen LogP contribution in [0.5, 0.6) is 0 Å². The molecule has 0 saturated carbocycles. The van der Waals surface area contributed by atoms with Crippen LogP contribution >= 0.6 is 22.2 Å². The van der Waals surface area contributed by atoms with E-state index in [1.54, 1.807) is 0 Å². The predicted molar refractivity (Wildman–Crippen MR) is 95.4 cm³/mol. The van der Waals surface area contributed by atoms with E-state index in [0.29, 0.717) is 6.61 Å². The van der Waals surface area contributed by atoms with E-state index in [-0.39, 0.29) is 0 Å². The van der Waals surface area contributed by atoms with Crippen LogP contribution in [0.1, 0.15) is 89.9 Å². The summed E-state index contributed by atoms with van der Waals surface area (Å²) in [5, 5.41) is 8.67. The van der Waals surface area contributed by atoms with Gasteiger partial charge in [-0.2, -0.15) is 22.2 Å². The fraction of sp³-hybridized carbons (Fsp3) is 1.00. The van der Waals surface area contributed by atoms with Crippen molar-refractivity contribution in [1.29, 1.82) is 0 Å². The number of halogens is 2. The van der Waals surface area contributed by atoms with Gasteiger partial charge in [-0.1, -0.05) is 83.5 Å². The van der Waals surface area contributed by atoms with Gasteiger partial charge in [-0.05, 0) is 12.5 Å². The molecule has 122 valence electrons. The first-order valence-corrected chi connectivity index (χ1v) is 13.0. The van der Waals surface area contributed by atoms with Crippen LogP contribution in [-0.4, -0.2) is 19.1 Å². The number of aliphatic hydroxyl groups excluding tert-OH is 1. The normalized spacial score (nSPS) is 11.4. The zero-order chi connectivity index (χ0) is 14.9. The first-order chi connectivity index (χ1) is 9.77. The zero-order valence-electron chi connectivity index (χ0n) is 13.1. The van der Waals surface area contributed by atoms with Crippen LogP contribution in [0.2, 0.25) is 6.04 Å². The van der Waals surface area contributed by atoms with Gasteiger partial charge in [0, 0.05) is 6.61 Å². The van der Waals surface area contributed by atoms with Crippen LogP contribution in [0.4, 0.5) is 0 Å². The SMILES string of the molecule is OCCCCCCCCCCCCCCCC[SiH](Cl)Cl. The molecular formula is C16H34Cl2OSi. The van der Waals surface area contributed by atoms with E-state index >= 15 is 0 Å². The van der Waals surface area contributed by atoms with Gasteiger partial charge in [0.05, 0.1) is 0 Å². The van der Waals surface area contributed by atoms with Crippen molar-refractivity contribution in [2.24, 2.45) is 0 Å². The van der Waals surface area contributed by atoms with E-state index in [1.165, 1.54) is 83.5 Å². The highest BCUT2D eigenvalue weighted by atomic mass is 35.7. The van der Waals surface area contributed by atoms with Crippen LogP contribution < -0.4 is 0 Å². The molecule has 0 spiro atoms. The third kappa shape index (κ3) is 18.8. The van der Waals surface area contributed by atoms with Gasteiger partial charge in [-0.25, -0.2) is 0 Å². The molecular weight excluding hydrogens is 307 g/mol. The predicted octanol–water partition coefficient (Wildman–Crippen LogP) is 6.14. The first-order valence-electron chi connectivity index (χ1n) is 8.66. The van der Waals surface area contributed by atoms with Crippen LogP contribution in [0.15, 0.2) is 0 Å². The topological polar surface area (TPSA) is 20.2 Å². The van der Waals surface area contributed by atoms with E-state index in [0.717, 1.165) is 12.5 Å². The average molecular weight is 341 g/mol. The quantitative estimate of drug-likeness (QED) is 0.203. The van der Waals surface area contributed by atoms with E-state index < -0.39 is 7.42 Å². The maximum Gasteiger partial charge on any atom is 0.237 e. The van der Waals surface area contributed by atoms with Gasteiger partial charge in [0.2, 0.25) is 7.42 Å². The second-order valence-electron chi connectivity index (χ2n) is 5.85. The number of hydrogen-bond acceptors (Lipinski definition) is 1. The minimum absolute atomic E-state index is 0.361. The highest BCUT2D eigenvalue weighted by Crippen LogP contribution is 2.14. The molecule has 0 aliphatic heterocycles. The Bertz CT molecular complexity index is 180. The lowest BCUT2D eigenvalue weighted by molar-refractivity contribution is 0.282. The number of aliphatic hydroxyl groups is 1. The maximum absolute atomic E-state index is 8.67. The molecule has 4 heteroatoms. The Balaban J connectivity index is 2.92. The van der Waals surface area contributed by atoms with Crippen LogP contribution in [0.25, 0.3) is 0 Å². The zero-order valence-corrected chi connectivity index (χ0v) is 15.8. The lowest BCUT2D eigenvalue weighted by Crippen LogP contribution is -1.91. The van der Waals surface area contributed by atoms with Gasteiger partial charge >= 0.3 is 0 Å². The van der Waals surface area contributed by atoms with Gasteiger partial charge < -0.3 is 5.11 Å². The van der Waals surface area contributed by atoms with Crippen molar-refractivity contribution < 1.29 is 5.11 Å². The van der Waals surface area contributed by atoms with Crippen molar-refractivity contribution in [2.45, 2.75) is 95.9 Å². The average Bonchev–Trinajstić information content (AvgIpc) is 2.43. The fourth-order valence-corrected chi connectivity index (χ4v) is 4.05. The number of rotatable bonds is 16. The molecule has 1 N–H and O–H groups in total. The highest BCUT2D eigenvalue weighted by Gasteiger charge is 2.00. The molecule has 0 saturated heterocycles. The summed E-state index contributed by atoms with van der Waals surface area (Å²) in [7, 11) is -1.33. The summed E-state index contributed by atoms with van der Waals surface area (Å²) in [6, 6.07) is 1.08. The minimum atomic E-state index is -1.33. The van der Waals surface area contributed by atoms with Crippen LogP contribution in [-0.2, 0) is 0 Å². The molecule has 20 heavy (non-hydrogen) atoms. The Morgan fingerprint density at radius 3 is 1.10 bits per heavy atom. The lowest BCUT2D eigenvalue weighted by atomic mass is 10.0. The second kappa shape index (κ2) is 17.8. The van der Waals surface area contributed by atoms with E-state index in [2.05, 4.69) is 0 Å². The summed E-state index contributed by atoms with van der Waals surface area (Å²) in [6.07, 6.45) is 18.6. The van der Waals surface area contributed by atoms with Crippen molar-refractivity contribution in [3.8, 4) is 0 Å². The number of hydrogen-bond donors (Lipinski definition) is 1. The third-order valence-electron chi connectivity index (χ3n) is 3.83. The number of unbranched alkanes of at least 4 members (excludes halogenated alkanes) is 13. The van der Waals surface area contributed by atoms with Crippen molar-refractivity contribution in [2.75, 3.05) is 6.61 Å². The Labute approximate surface area is 137 Å². The monoisotopic (exact) mass is 340 g/mol. The van der Waals surface area contributed by atoms with Crippen molar-refractivity contribution in [1.82, 2.24) is 0 Å². The fourth-order valence-electron chi connectivity index (χ4n) is 2.53. The summed E-state index contributed by atoms with van der Waals surface area (Å²) < 4.78 is 0. The van der Waals surface area contributed by atoms with E-state index in [9.17, 15) is 0 Å². The van der Waals surface area contributed by atoms with Gasteiger partial charge in [-0.15, -0.1) is 0 Å². The van der Waals surface area contributed by atoms with Gasteiger partial charge in [0.25, 0.3) is 0 Å². The largest absolute Gasteiger partial charge is 0.396 e. The van der Waals surface area contributed by atoms with Gasteiger partial charge in [-0.3, -0.25) is 0 Å². The van der Waals surface area contributed by atoms with Gasteiger partial charge in [0.1, 0.15) is 0 Å². The minimum Gasteiger partial charge on any atom is -0.396 e. The molecule has 1 nitrogen and oxygen atoms in total. The first kappa shape index (κ1) is 20.8. The molecule has 0 unspecified atom stereocenters. The molecule has 0 aromatic heterocycles. The summed E-state index contributed by atoms with van der Waals surface area (Å²) >= 11 is 11.7. The standard InChI is InChI=1S/C16H34Cl2OSi/c17-20(18)16-14-12-10-8-6-4-2-1-3-5-7-9-11-13-15-19/h19-20H,1-16H2. The molecule has 0 aromatic rings. The molecule has 0 amide bonds. The molecule has 0 fully saturated rings. The van der Waals surface area contributed by atoms with E-state index in [1.807, 2.05) is 0 Å². The smallest absolute Gasteiger partial charge is 0.237 e. The molecule has 0 atom stereocenters. The van der Waals surface area contributed by atoms with Crippen molar-refractivity contribution in [3.05, 3.63) is 0 Å². The lowest BCUT2D eigenvalue weighted by Gasteiger charge is -2.03. The Hall–Kier alpha value is 0.757. The van der Waals surface area contributed by atoms with Crippen LogP contribution in [0, 0.1) is 0 Å². The molecule has 0 heterocycles. The Morgan fingerprint density at radius 1 is 0.500 bits per heavy atom. The molecule has 0 aliphatic carbocycles. The van der Waals surface area contributed by atoms with Crippen molar-refractivity contribution in [3.63, 3.8) is 0 Å². The molecule has 0 radical (unpaired) electrons. The molecule has 0 rings (SSSR count). The Morgan fingerprint density at radius 2 is 0.800 bits per heavy atom. The summed E-state index contributed by atoms with van der Waals surface area (Å²) in [4.78, 5) is 0. The Kier molecular flexibility index (Phi) is 18.5. The van der Waals surface area contributed by atoms with Crippen molar-refractivity contribution >= 4 is 29.6 Å². The van der Waals surface area contributed by atoms with E-state index in [4.69, 9.17) is 27.3 Å². The molecule has 0 aliphatic rings. The summed E-state index contributed by atoms with van der Waals surface area (Å²) in [6.45, 7) is 0.361. The third-order valence-corrected chi connectivity index (χ3v) is 5.98. The molecule has 0 bridgehead atoms. The van der Waals surface area contributed by atoms with Gasteiger partial charge in [0.15, 0.2) is 0 Å². The second-order valence-corrected chi connectivity index (χ2v) is 11.0.